The van der Waals surface area contributed by atoms with E-state index in [1.807, 2.05) is 0 Å². The zero-order valence-electron chi connectivity index (χ0n) is 5.75. The van der Waals surface area contributed by atoms with Gasteiger partial charge in [-0.2, -0.15) is 0 Å². The van der Waals surface area contributed by atoms with Crippen LogP contribution >= 0.6 is 0 Å². The number of aromatic nitrogens is 5. The summed E-state index contributed by atoms with van der Waals surface area (Å²) in [6.07, 6.45) is 0. The molecule has 0 aliphatic heterocycles. The summed E-state index contributed by atoms with van der Waals surface area (Å²) >= 11 is 0. The fourth-order valence-electron chi connectivity index (χ4n) is 0.884. The van der Waals surface area contributed by atoms with Gasteiger partial charge >= 0.3 is 0 Å². The third-order valence-corrected chi connectivity index (χ3v) is 1.33. The number of rotatable bonds is 0. The maximum Gasteiger partial charge on any atom is 0.293 e. The Labute approximate surface area is 60.7 Å². The van der Waals surface area contributed by atoms with Crippen LogP contribution in [0, 0.1) is 6.92 Å². The minimum absolute atomic E-state index is 0.296. The highest BCUT2D eigenvalue weighted by atomic mass is 16.1. The molecular formula is C5H5N5O. The van der Waals surface area contributed by atoms with Crippen molar-refractivity contribution in [2.45, 2.75) is 6.92 Å². The Morgan fingerprint density at radius 2 is 2.27 bits per heavy atom. The molecule has 0 bridgehead atoms. The number of H-pyrrole nitrogens is 2. The van der Waals surface area contributed by atoms with Crippen molar-refractivity contribution in [2.75, 3.05) is 0 Å². The minimum Gasteiger partial charge on any atom is -0.336 e. The monoisotopic (exact) mass is 151 g/mol. The lowest BCUT2D eigenvalue weighted by Gasteiger charge is -1.80. The van der Waals surface area contributed by atoms with Crippen molar-refractivity contribution in [3.8, 4) is 0 Å². The standard InChI is InChI=1S/C5H5N5O/c1-2-6-3-4(7-2)8-10-9-5(3)11/h1H3,(H2,6,7,8,9,11). The largest absolute Gasteiger partial charge is 0.336 e. The van der Waals surface area contributed by atoms with Crippen LogP contribution in [0.15, 0.2) is 4.79 Å². The lowest BCUT2D eigenvalue weighted by molar-refractivity contribution is 0.865. The van der Waals surface area contributed by atoms with Crippen LogP contribution in [0.25, 0.3) is 11.2 Å². The molecule has 0 saturated heterocycles. The average molecular weight is 151 g/mol. The van der Waals surface area contributed by atoms with E-state index in [0.29, 0.717) is 17.0 Å². The van der Waals surface area contributed by atoms with Gasteiger partial charge in [-0.15, -0.1) is 5.10 Å². The molecule has 0 fully saturated rings. The van der Waals surface area contributed by atoms with E-state index in [4.69, 9.17) is 0 Å². The third-order valence-electron chi connectivity index (χ3n) is 1.33. The second-order valence-electron chi connectivity index (χ2n) is 2.16. The number of nitrogens with one attached hydrogen (secondary N) is 2. The molecule has 0 saturated carbocycles. The zero-order valence-corrected chi connectivity index (χ0v) is 5.75. The van der Waals surface area contributed by atoms with Crippen molar-refractivity contribution < 1.29 is 0 Å². The Balaban J connectivity index is 3.02. The summed E-state index contributed by atoms with van der Waals surface area (Å²) in [5.41, 5.74) is 0.430. The van der Waals surface area contributed by atoms with Gasteiger partial charge < -0.3 is 4.98 Å². The molecule has 0 atom stereocenters. The summed E-state index contributed by atoms with van der Waals surface area (Å²) in [7, 11) is 0. The summed E-state index contributed by atoms with van der Waals surface area (Å²) in [5.74, 6) is 0.658. The summed E-state index contributed by atoms with van der Waals surface area (Å²) in [5, 5.41) is 9.17. The lowest BCUT2D eigenvalue weighted by Crippen LogP contribution is -2.09. The minimum atomic E-state index is -0.296. The van der Waals surface area contributed by atoms with Crippen molar-refractivity contribution in [2.24, 2.45) is 0 Å². The Kier molecular flexibility index (Phi) is 1.03. The molecule has 2 N–H and O–H groups in total. The Morgan fingerprint density at radius 1 is 1.45 bits per heavy atom. The third kappa shape index (κ3) is 0.794. The molecule has 0 spiro atoms. The molecule has 2 aromatic heterocycles. The van der Waals surface area contributed by atoms with Gasteiger partial charge in [0.15, 0.2) is 5.52 Å². The second kappa shape index (κ2) is 1.88. The van der Waals surface area contributed by atoms with Crippen LogP contribution < -0.4 is 5.56 Å². The normalized spacial score (nSPS) is 10.6. The van der Waals surface area contributed by atoms with E-state index in [9.17, 15) is 4.79 Å². The van der Waals surface area contributed by atoms with E-state index in [0.717, 1.165) is 0 Å². The SMILES string of the molecule is Cc1nc2nn[nH]c(=O)c2[nH]1. The van der Waals surface area contributed by atoms with Crippen molar-refractivity contribution in [1.82, 2.24) is 25.4 Å². The van der Waals surface area contributed by atoms with Crippen LogP contribution in [0.3, 0.4) is 0 Å². The summed E-state index contributed by atoms with van der Waals surface area (Å²) in [6, 6.07) is 0. The van der Waals surface area contributed by atoms with Gasteiger partial charge in [-0.1, -0.05) is 5.21 Å². The first-order valence-corrected chi connectivity index (χ1v) is 3.05. The first-order valence-electron chi connectivity index (χ1n) is 3.05. The average Bonchev–Trinajstić information content (AvgIpc) is 2.31. The van der Waals surface area contributed by atoms with Gasteiger partial charge in [0.2, 0.25) is 5.65 Å². The second-order valence-corrected chi connectivity index (χ2v) is 2.16. The number of nitrogens with zero attached hydrogens (tertiary/aromatic N) is 3. The van der Waals surface area contributed by atoms with Gasteiger partial charge in [-0.3, -0.25) is 4.79 Å². The smallest absolute Gasteiger partial charge is 0.293 e. The van der Waals surface area contributed by atoms with E-state index in [-0.39, 0.29) is 5.56 Å². The molecule has 2 heterocycles. The van der Waals surface area contributed by atoms with Crippen LogP contribution in [0.1, 0.15) is 5.82 Å². The fourth-order valence-corrected chi connectivity index (χ4v) is 0.884. The zero-order chi connectivity index (χ0) is 7.84. The van der Waals surface area contributed by atoms with E-state index in [1.165, 1.54) is 0 Å². The quantitative estimate of drug-likeness (QED) is 0.523. The van der Waals surface area contributed by atoms with Gasteiger partial charge in [-0.25, -0.2) is 10.1 Å². The molecule has 0 aliphatic carbocycles. The van der Waals surface area contributed by atoms with Crippen LogP contribution in [0.5, 0.6) is 0 Å². The number of aryl methyl sites for hydroxylation is 1. The summed E-state index contributed by atoms with van der Waals surface area (Å²) in [4.78, 5) is 17.7. The Hall–Kier alpha value is -1.72. The number of imidazole rings is 1. The fraction of sp³-hybridized carbons (Fsp3) is 0.200. The maximum absolute atomic E-state index is 11.0. The topological polar surface area (TPSA) is 87.3 Å². The first kappa shape index (κ1) is 6.02. The first-order chi connectivity index (χ1) is 5.27. The maximum atomic E-state index is 11.0. The van der Waals surface area contributed by atoms with Crippen LogP contribution in [0.4, 0.5) is 0 Å². The summed E-state index contributed by atoms with van der Waals surface area (Å²) < 4.78 is 0. The molecule has 0 unspecified atom stereocenters. The highest BCUT2D eigenvalue weighted by molar-refractivity contribution is 5.67. The molecular weight excluding hydrogens is 146 g/mol. The predicted molar refractivity (Wildman–Crippen MR) is 37.0 cm³/mol. The molecule has 11 heavy (non-hydrogen) atoms. The van der Waals surface area contributed by atoms with Crippen LogP contribution in [-0.4, -0.2) is 25.4 Å². The molecule has 0 radical (unpaired) electrons. The van der Waals surface area contributed by atoms with Gasteiger partial charge in [0.1, 0.15) is 5.82 Å². The number of hydrogen-bond acceptors (Lipinski definition) is 4. The predicted octanol–water partition coefficient (Wildman–Crippen LogP) is -0.650. The van der Waals surface area contributed by atoms with Gasteiger partial charge in [-0.05, 0) is 6.92 Å². The van der Waals surface area contributed by atoms with Crippen molar-refractivity contribution >= 4 is 11.2 Å². The molecule has 2 aromatic rings. The molecule has 0 aromatic carbocycles. The number of aromatic amines is 2. The molecule has 0 aliphatic rings. The van der Waals surface area contributed by atoms with E-state index >= 15 is 0 Å². The van der Waals surface area contributed by atoms with Crippen molar-refractivity contribution in [3.63, 3.8) is 0 Å². The van der Waals surface area contributed by atoms with E-state index < -0.39 is 0 Å². The van der Waals surface area contributed by atoms with Crippen molar-refractivity contribution in [3.05, 3.63) is 16.2 Å². The van der Waals surface area contributed by atoms with Crippen molar-refractivity contribution in [1.29, 1.82) is 0 Å². The van der Waals surface area contributed by atoms with Gasteiger partial charge in [0.05, 0.1) is 0 Å². The van der Waals surface area contributed by atoms with Crippen LogP contribution in [-0.2, 0) is 0 Å². The molecule has 6 nitrogen and oxygen atoms in total. The molecule has 2 rings (SSSR count). The Morgan fingerprint density at radius 3 is 3.00 bits per heavy atom. The summed E-state index contributed by atoms with van der Waals surface area (Å²) in [6.45, 7) is 1.75. The highest BCUT2D eigenvalue weighted by Gasteiger charge is 2.02. The number of fused-ring (bicyclic) bond motifs is 1. The van der Waals surface area contributed by atoms with Crippen LogP contribution in [0.2, 0.25) is 0 Å². The Bertz CT molecular complexity index is 441. The van der Waals surface area contributed by atoms with E-state index in [2.05, 4.69) is 25.4 Å². The highest BCUT2D eigenvalue weighted by Crippen LogP contribution is 1.98. The molecule has 56 valence electrons. The van der Waals surface area contributed by atoms with Gasteiger partial charge in [0.25, 0.3) is 5.56 Å². The molecule has 0 amide bonds. The van der Waals surface area contributed by atoms with Gasteiger partial charge in [0, 0.05) is 0 Å². The number of hydrogen-bond donors (Lipinski definition) is 2. The molecule has 6 heteroatoms. The lowest BCUT2D eigenvalue weighted by atomic mass is 10.6. The van der Waals surface area contributed by atoms with E-state index in [1.54, 1.807) is 6.92 Å².